The Balaban J connectivity index is 2.22. The molecule has 2 rings (SSSR count). The van der Waals surface area contributed by atoms with E-state index in [9.17, 15) is 0 Å². The molecule has 19 heavy (non-hydrogen) atoms. The van der Waals surface area contributed by atoms with Gasteiger partial charge in [-0.05, 0) is 54.3 Å². The number of fused-ring (bicyclic) bond motifs is 1. The summed E-state index contributed by atoms with van der Waals surface area (Å²) in [6.45, 7) is 3.71. The van der Waals surface area contributed by atoms with Crippen molar-refractivity contribution < 1.29 is 4.74 Å². The van der Waals surface area contributed by atoms with Crippen LogP contribution in [0.3, 0.4) is 0 Å². The van der Waals surface area contributed by atoms with Gasteiger partial charge in [-0.2, -0.15) is 0 Å². The first kappa shape index (κ1) is 13.9. The van der Waals surface area contributed by atoms with Crippen LogP contribution in [0.4, 0.5) is 0 Å². The predicted molar refractivity (Wildman–Crippen MR) is 81.7 cm³/mol. The standard InChI is InChI=1S/C17H23NO/c1-2-3-12-19-16-10-9-15-7-4-6-14(8-5-11-18)17(15)13-16/h4,6-7,9-10,13H,2-3,5,8,11-12,18H2,1H3. The Labute approximate surface area is 115 Å². The summed E-state index contributed by atoms with van der Waals surface area (Å²) in [5.74, 6) is 0.973. The van der Waals surface area contributed by atoms with Crippen molar-refractivity contribution in [2.75, 3.05) is 13.2 Å². The Kier molecular flexibility index (Phi) is 5.22. The molecular formula is C17H23NO. The molecule has 2 aromatic rings. The second-order valence-corrected chi connectivity index (χ2v) is 4.89. The summed E-state index contributed by atoms with van der Waals surface area (Å²) in [5.41, 5.74) is 6.97. The molecule has 0 aliphatic heterocycles. The van der Waals surface area contributed by atoms with Gasteiger partial charge in [0, 0.05) is 0 Å². The van der Waals surface area contributed by atoms with E-state index in [2.05, 4.69) is 43.3 Å². The topological polar surface area (TPSA) is 35.2 Å². The Morgan fingerprint density at radius 3 is 2.79 bits per heavy atom. The minimum atomic E-state index is 0.739. The monoisotopic (exact) mass is 257 g/mol. The second kappa shape index (κ2) is 7.15. The summed E-state index contributed by atoms with van der Waals surface area (Å²) in [6, 6.07) is 12.8. The van der Waals surface area contributed by atoms with Crippen LogP contribution < -0.4 is 10.5 Å². The van der Waals surface area contributed by atoms with Crippen molar-refractivity contribution in [2.45, 2.75) is 32.6 Å². The predicted octanol–water partition coefficient (Wildman–Crippen LogP) is 3.91. The first-order chi connectivity index (χ1) is 9.35. The number of unbranched alkanes of at least 4 members (excludes halogenated alkanes) is 1. The van der Waals surface area contributed by atoms with Crippen molar-refractivity contribution in [1.29, 1.82) is 0 Å². The molecule has 0 atom stereocenters. The van der Waals surface area contributed by atoms with Gasteiger partial charge >= 0.3 is 0 Å². The minimum absolute atomic E-state index is 0.739. The van der Waals surface area contributed by atoms with Crippen LogP contribution in [0.15, 0.2) is 36.4 Å². The zero-order valence-electron chi connectivity index (χ0n) is 11.7. The van der Waals surface area contributed by atoms with E-state index >= 15 is 0 Å². The van der Waals surface area contributed by atoms with E-state index in [4.69, 9.17) is 10.5 Å². The van der Waals surface area contributed by atoms with E-state index in [-0.39, 0.29) is 0 Å². The van der Waals surface area contributed by atoms with Crippen LogP contribution in [0.25, 0.3) is 10.8 Å². The molecule has 0 saturated heterocycles. The highest BCUT2D eigenvalue weighted by molar-refractivity contribution is 5.87. The summed E-state index contributed by atoms with van der Waals surface area (Å²) >= 11 is 0. The highest BCUT2D eigenvalue weighted by atomic mass is 16.5. The number of ether oxygens (including phenoxy) is 1. The lowest BCUT2D eigenvalue weighted by Crippen LogP contribution is -2.01. The molecule has 0 saturated carbocycles. The molecule has 102 valence electrons. The molecule has 2 heteroatoms. The molecule has 0 amide bonds. The van der Waals surface area contributed by atoms with Crippen molar-refractivity contribution in [1.82, 2.24) is 0 Å². The zero-order valence-corrected chi connectivity index (χ0v) is 11.7. The maximum absolute atomic E-state index is 5.79. The first-order valence-electron chi connectivity index (χ1n) is 7.19. The van der Waals surface area contributed by atoms with Crippen LogP contribution in [0.1, 0.15) is 31.7 Å². The smallest absolute Gasteiger partial charge is 0.119 e. The average Bonchev–Trinajstić information content (AvgIpc) is 2.45. The van der Waals surface area contributed by atoms with E-state index in [1.807, 2.05) is 0 Å². The van der Waals surface area contributed by atoms with Crippen LogP contribution in [-0.4, -0.2) is 13.2 Å². The first-order valence-corrected chi connectivity index (χ1v) is 7.19. The lowest BCUT2D eigenvalue weighted by atomic mass is 10.0. The summed E-state index contributed by atoms with van der Waals surface area (Å²) in [5, 5.41) is 2.57. The molecule has 0 aromatic heterocycles. The van der Waals surface area contributed by atoms with Crippen molar-refractivity contribution in [3.8, 4) is 5.75 Å². The van der Waals surface area contributed by atoms with Gasteiger partial charge in [0.15, 0.2) is 0 Å². The minimum Gasteiger partial charge on any atom is -0.494 e. The third kappa shape index (κ3) is 3.71. The van der Waals surface area contributed by atoms with Crippen molar-refractivity contribution in [3.05, 3.63) is 42.0 Å². The maximum Gasteiger partial charge on any atom is 0.119 e. The summed E-state index contributed by atoms with van der Waals surface area (Å²) in [7, 11) is 0. The number of nitrogens with two attached hydrogens (primary N) is 1. The summed E-state index contributed by atoms with van der Waals surface area (Å²) in [6.07, 6.45) is 4.33. The zero-order chi connectivity index (χ0) is 13.5. The van der Waals surface area contributed by atoms with Gasteiger partial charge in [-0.25, -0.2) is 0 Å². The van der Waals surface area contributed by atoms with E-state index in [0.29, 0.717) is 0 Å². The van der Waals surface area contributed by atoms with Crippen LogP contribution in [0.2, 0.25) is 0 Å². The molecule has 0 aliphatic rings. The van der Waals surface area contributed by atoms with E-state index in [1.54, 1.807) is 0 Å². The molecule has 0 spiro atoms. The molecule has 2 nitrogen and oxygen atoms in total. The lowest BCUT2D eigenvalue weighted by molar-refractivity contribution is 0.310. The van der Waals surface area contributed by atoms with Gasteiger partial charge in [0.05, 0.1) is 6.61 Å². The number of hydrogen-bond acceptors (Lipinski definition) is 2. The van der Waals surface area contributed by atoms with Crippen LogP contribution in [-0.2, 0) is 6.42 Å². The van der Waals surface area contributed by atoms with Gasteiger partial charge in [-0.1, -0.05) is 37.6 Å². The largest absolute Gasteiger partial charge is 0.494 e. The Bertz CT molecular complexity index is 522. The third-order valence-electron chi connectivity index (χ3n) is 3.36. The lowest BCUT2D eigenvalue weighted by Gasteiger charge is -2.10. The van der Waals surface area contributed by atoms with E-state index in [1.165, 1.54) is 16.3 Å². The Morgan fingerprint density at radius 2 is 2.00 bits per heavy atom. The maximum atomic E-state index is 5.79. The van der Waals surface area contributed by atoms with Crippen molar-refractivity contribution in [2.24, 2.45) is 5.73 Å². The van der Waals surface area contributed by atoms with Gasteiger partial charge in [-0.3, -0.25) is 0 Å². The number of rotatable bonds is 7. The molecule has 0 aliphatic carbocycles. The highest BCUT2D eigenvalue weighted by Crippen LogP contribution is 2.25. The van der Waals surface area contributed by atoms with Gasteiger partial charge in [0.2, 0.25) is 0 Å². The second-order valence-electron chi connectivity index (χ2n) is 4.89. The van der Waals surface area contributed by atoms with Gasteiger partial charge < -0.3 is 10.5 Å². The van der Waals surface area contributed by atoms with Crippen LogP contribution in [0, 0.1) is 0 Å². The van der Waals surface area contributed by atoms with Crippen molar-refractivity contribution in [3.63, 3.8) is 0 Å². The van der Waals surface area contributed by atoms with Crippen molar-refractivity contribution >= 4 is 10.8 Å². The molecule has 0 unspecified atom stereocenters. The Morgan fingerprint density at radius 1 is 1.11 bits per heavy atom. The fourth-order valence-corrected chi connectivity index (χ4v) is 2.25. The van der Waals surface area contributed by atoms with Crippen LogP contribution in [0.5, 0.6) is 5.75 Å². The average molecular weight is 257 g/mol. The highest BCUT2D eigenvalue weighted by Gasteiger charge is 2.03. The molecule has 0 fully saturated rings. The Hall–Kier alpha value is -1.54. The van der Waals surface area contributed by atoms with Crippen LogP contribution >= 0.6 is 0 Å². The fourth-order valence-electron chi connectivity index (χ4n) is 2.25. The fraction of sp³-hybridized carbons (Fsp3) is 0.412. The number of aryl methyl sites for hydroxylation is 1. The SMILES string of the molecule is CCCCOc1ccc2cccc(CCCN)c2c1. The van der Waals surface area contributed by atoms with Gasteiger partial charge in [-0.15, -0.1) is 0 Å². The number of benzene rings is 2. The normalized spacial score (nSPS) is 10.8. The summed E-state index contributed by atoms with van der Waals surface area (Å²) in [4.78, 5) is 0. The molecule has 2 aromatic carbocycles. The third-order valence-corrected chi connectivity index (χ3v) is 3.36. The van der Waals surface area contributed by atoms with E-state index < -0.39 is 0 Å². The molecule has 2 N–H and O–H groups in total. The van der Waals surface area contributed by atoms with Gasteiger partial charge in [0.25, 0.3) is 0 Å². The molecule has 0 radical (unpaired) electrons. The quantitative estimate of drug-likeness (QED) is 0.763. The number of hydrogen-bond donors (Lipinski definition) is 1. The van der Waals surface area contributed by atoms with E-state index in [0.717, 1.165) is 44.6 Å². The molecule has 0 heterocycles. The summed E-state index contributed by atoms with van der Waals surface area (Å²) < 4.78 is 5.79. The van der Waals surface area contributed by atoms with Gasteiger partial charge in [0.1, 0.15) is 5.75 Å². The molecule has 0 bridgehead atoms. The molecular weight excluding hydrogens is 234 g/mol.